The predicted octanol–water partition coefficient (Wildman–Crippen LogP) is 3.20. The van der Waals surface area contributed by atoms with Crippen molar-refractivity contribution in [3.63, 3.8) is 0 Å². The molecule has 1 N–H and O–H groups in total. The minimum atomic E-state index is -3.79. The van der Waals surface area contributed by atoms with E-state index >= 15 is 0 Å². The molecule has 4 rings (SSSR count). The summed E-state index contributed by atoms with van der Waals surface area (Å²) in [5.74, 6) is -0.217. The number of nitrogens with zero attached hydrogens (tertiary/aromatic N) is 2. The minimum Gasteiger partial charge on any atom is -0.353 e. The normalized spacial score (nSPS) is 14.9. The zero-order valence-electron chi connectivity index (χ0n) is 19.9. The van der Waals surface area contributed by atoms with Crippen LogP contribution in [0.25, 0.3) is 10.8 Å². The van der Waals surface area contributed by atoms with Crippen LogP contribution in [0.5, 0.6) is 0 Å². The smallest absolute Gasteiger partial charge is 0.243 e. The van der Waals surface area contributed by atoms with Crippen LogP contribution in [0, 0.1) is 0 Å². The molecule has 3 aromatic rings. The Balaban J connectivity index is 1.26. The van der Waals surface area contributed by atoms with Crippen molar-refractivity contribution in [1.82, 2.24) is 14.5 Å². The van der Waals surface area contributed by atoms with Gasteiger partial charge in [0.05, 0.1) is 11.4 Å². The largest absolute Gasteiger partial charge is 0.353 e. The lowest BCUT2D eigenvalue weighted by molar-refractivity contribution is -0.132. The fourth-order valence-electron chi connectivity index (χ4n) is 4.36. The molecule has 35 heavy (non-hydrogen) atoms. The highest BCUT2D eigenvalue weighted by Crippen LogP contribution is 2.21. The average Bonchev–Trinajstić information content (AvgIpc) is 2.88. The molecule has 3 aromatic carbocycles. The first kappa shape index (κ1) is 24.9. The SMILES string of the molecule is CN(CC(=O)N1CCC(NC(=O)CCc2ccccc2)CC1)S(=O)(=O)c1ccc2ccccc2c1. The van der Waals surface area contributed by atoms with Gasteiger partial charge in [-0.2, -0.15) is 4.31 Å². The number of hydrogen-bond donors (Lipinski definition) is 1. The summed E-state index contributed by atoms with van der Waals surface area (Å²) in [6.45, 7) is 0.766. The molecule has 2 amide bonds. The van der Waals surface area contributed by atoms with Gasteiger partial charge < -0.3 is 10.2 Å². The Morgan fingerprint density at radius 1 is 0.943 bits per heavy atom. The second-order valence-corrected chi connectivity index (χ2v) is 11.0. The van der Waals surface area contributed by atoms with Crippen LogP contribution in [0.4, 0.5) is 0 Å². The lowest BCUT2D eigenvalue weighted by atomic mass is 10.0. The number of carbonyl (C=O) groups is 2. The molecule has 0 aromatic heterocycles. The molecular weight excluding hydrogens is 462 g/mol. The molecule has 0 atom stereocenters. The Morgan fingerprint density at radius 3 is 2.31 bits per heavy atom. The Hall–Kier alpha value is -3.23. The highest BCUT2D eigenvalue weighted by Gasteiger charge is 2.28. The number of nitrogens with one attached hydrogen (secondary N) is 1. The summed E-state index contributed by atoms with van der Waals surface area (Å²) in [7, 11) is -2.36. The summed E-state index contributed by atoms with van der Waals surface area (Å²) in [5, 5.41) is 4.86. The lowest BCUT2D eigenvalue weighted by Gasteiger charge is -2.33. The summed E-state index contributed by atoms with van der Waals surface area (Å²) in [5.41, 5.74) is 1.13. The quantitative estimate of drug-likeness (QED) is 0.522. The third kappa shape index (κ3) is 6.26. The molecule has 0 bridgehead atoms. The molecule has 1 heterocycles. The average molecular weight is 494 g/mol. The van der Waals surface area contributed by atoms with Crippen LogP contribution < -0.4 is 5.32 Å². The van der Waals surface area contributed by atoms with Crippen LogP contribution in [0.2, 0.25) is 0 Å². The molecule has 0 saturated carbocycles. The van der Waals surface area contributed by atoms with Crippen molar-refractivity contribution in [2.24, 2.45) is 0 Å². The van der Waals surface area contributed by atoms with E-state index < -0.39 is 10.0 Å². The number of benzene rings is 3. The van der Waals surface area contributed by atoms with Crippen molar-refractivity contribution in [1.29, 1.82) is 0 Å². The van der Waals surface area contributed by atoms with Gasteiger partial charge >= 0.3 is 0 Å². The first-order valence-electron chi connectivity index (χ1n) is 11.9. The van der Waals surface area contributed by atoms with Gasteiger partial charge in [-0.15, -0.1) is 0 Å². The van der Waals surface area contributed by atoms with Gasteiger partial charge in [-0.25, -0.2) is 8.42 Å². The van der Waals surface area contributed by atoms with E-state index in [-0.39, 0.29) is 29.3 Å². The number of rotatable bonds is 8. The summed E-state index contributed by atoms with van der Waals surface area (Å²) >= 11 is 0. The standard InChI is InChI=1S/C27H31N3O4S/c1-29(35(33,34)25-13-12-22-9-5-6-10-23(22)19-25)20-27(32)30-17-15-24(16-18-30)28-26(31)14-11-21-7-3-2-4-8-21/h2-10,12-13,19,24H,11,14-18,20H2,1H3,(H,28,31). The molecule has 7 nitrogen and oxygen atoms in total. The van der Waals surface area contributed by atoms with Crippen molar-refractivity contribution < 1.29 is 18.0 Å². The third-order valence-electron chi connectivity index (χ3n) is 6.48. The van der Waals surface area contributed by atoms with Crippen LogP contribution in [0.1, 0.15) is 24.8 Å². The molecule has 1 aliphatic heterocycles. The van der Waals surface area contributed by atoms with Gasteiger partial charge in [-0.05, 0) is 47.7 Å². The maximum absolute atomic E-state index is 13.0. The third-order valence-corrected chi connectivity index (χ3v) is 8.28. The second-order valence-electron chi connectivity index (χ2n) is 8.98. The number of aryl methyl sites for hydroxylation is 1. The van der Waals surface area contributed by atoms with E-state index in [9.17, 15) is 18.0 Å². The first-order chi connectivity index (χ1) is 16.8. The summed E-state index contributed by atoms with van der Waals surface area (Å²) in [6.07, 6.45) is 2.44. The molecule has 0 unspecified atom stereocenters. The topological polar surface area (TPSA) is 86.8 Å². The number of fused-ring (bicyclic) bond motifs is 1. The molecule has 1 aliphatic rings. The molecule has 1 fully saturated rings. The number of likely N-dealkylation sites (tertiary alicyclic amines) is 1. The van der Waals surface area contributed by atoms with Gasteiger partial charge in [-0.1, -0.05) is 60.7 Å². The number of amides is 2. The number of piperidine rings is 1. The summed E-state index contributed by atoms with van der Waals surface area (Å²) in [6, 6.07) is 22.5. The van der Waals surface area contributed by atoms with E-state index in [0.29, 0.717) is 38.8 Å². The Morgan fingerprint density at radius 2 is 1.60 bits per heavy atom. The predicted molar refractivity (Wildman–Crippen MR) is 136 cm³/mol. The molecule has 1 saturated heterocycles. The second kappa shape index (κ2) is 11.0. The zero-order chi connectivity index (χ0) is 24.8. The molecule has 0 radical (unpaired) electrons. The van der Waals surface area contributed by atoms with E-state index in [1.807, 2.05) is 54.6 Å². The van der Waals surface area contributed by atoms with Crippen molar-refractivity contribution in [3.8, 4) is 0 Å². The molecule has 184 valence electrons. The van der Waals surface area contributed by atoms with E-state index in [0.717, 1.165) is 20.6 Å². The monoisotopic (exact) mass is 493 g/mol. The maximum Gasteiger partial charge on any atom is 0.243 e. The zero-order valence-corrected chi connectivity index (χ0v) is 20.7. The first-order valence-corrected chi connectivity index (χ1v) is 13.3. The summed E-state index contributed by atoms with van der Waals surface area (Å²) < 4.78 is 27.2. The number of sulfonamides is 1. The van der Waals surface area contributed by atoms with Gasteiger partial charge in [0.15, 0.2) is 0 Å². The Labute approximate surface area is 206 Å². The highest BCUT2D eigenvalue weighted by molar-refractivity contribution is 7.89. The minimum absolute atomic E-state index is 0.0137. The van der Waals surface area contributed by atoms with Crippen LogP contribution in [0.15, 0.2) is 77.7 Å². The van der Waals surface area contributed by atoms with E-state index in [2.05, 4.69) is 5.32 Å². The van der Waals surface area contributed by atoms with Gasteiger partial charge in [-0.3, -0.25) is 9.59 Å². The van der Waals surface area contributed by atoms with Crippen LogP contribution in [0.3, 0.4) is 0 Å². The lowest BCUT2D eigenvalue weighted by Crippen LogP contribution is -2.49. The Kier molecular flexibility index (Phi) is 7.83. The van der Waals surface area contributed by atoms with Crippen LogP contribution >= 0.6 is 0 Å². The van der Waals surface area contributed by atoms with E-state index in [1.165, 1.54) is 7.05 Å². The van der Waals surface area contributed by atoms with E-state index in [4.69, 9.17) is 0 Å². The molecule has 8 heteroatoms. The number of carbonyl (C=O) groups excluding carboxylic acids is 2. The maximum atomic E-state index is 13.0. The fraction of sp³-hybridized carbons (Fsp3) is 0.333. The van der Waals surface area contributed by atoms with Gasteiger partial charge in [0.25, 0.3) is 0 Å². The van der Waals surface area contributed by atoms with Gasteiger partial charge in [0, 0.05) is 32.6 Å². The molecule has 0 spiro atoms. The highest BCUT2D eigenvalue weighted by atomic mass is 32.2. The van der Waals surface area contributed by atoms with Crippen LogP contribution in [-0.2, 0) is 26.0 Å². The summed E-state index contributed by atoms with van der Waals surface area (Å²) in [4.78, 5) is 27.0. The number of likely N-dealkylation sites (N-methyl/N-ethyl adjacent to an activating group) is 1. The van der Waals surface area contributed by atoms with Gasteiger partial charge in [0.1, 0.15) is 0 Å². The van der Waals surface area contributed by atoms with Crippen molar-refractivity contribution in [2.45, 2.75) is 36.6 Å². The Bertz CT molecular complexity index is 1290. The molecule has 0 aliphatic carbocycles. The van der Waals surface area contributed by atoms with Crippen molar-refractivity contribution >= 4 is 32.6 Å². The number of hydrogen-bond acceptors (Lipinski definition) is 4. The fourth-order valence-corrected chi connectivity index (χ4v) is 5.52. The van der Waals surface area contributed by atoms with Crippen molar-refractivity contribution in [2.75, 3.05) is 26.7 Å². The molecular formula is C27H31N3O4S. The van der Waals surface area contributed by atoms with E-state index in [1.54, 1.807) is 23.1 Å². The van der Waals surface area contributed by atoms with Crippen LogP contribution in [-0.4, -0.2) is 62.2 Å². The van der Waals surface area contributed by atoms with Gasteiger partial charge in [0.2, 0.25) is 21.8 Å². The van der Waals surface area contributed by atoms with Crippen molar-refractivity contribution in [3.05, 3.63) is 78.4 Å².